The quantitative estimate of drug-likeness (QED) is 0.258. The molecule has 0 aliphatic carbocycles. The normalized spacial score (nSPS) is 11.9. The van der Waals surface area contributed by atoms with E-state index >= 15 is 0 Å². The van der Waals surface area contributed by atoms with Crippen LogP contribution in [0.2, 0.25) is 0 Å². The summed E-state index contributed by atoms with van der Waals surface area (Å²) in [5.41, 5.74) is 1.52. The minimum Gasteiger partial charge on any atom is -0.357 e. The summed E-state index contributed by atoms with van der Waals surface area (Å²) >= 11 is 0. The van der Waals surface area contributed by atoms with E-state index in [-0.39, 0.29) is 28.9 Å². The van der Waals surface area contributed by atoms with Gasteiger partial charge in [-0.15, -0.1) is 34.2 Å². The number of halogens is 1. The first-order chi connectivity index (χ1) is 13.0. The molecule has 0 saturated heterocycles. The van der Waals surface area contributed by atoms with E-state index in [4.69, 9.17) is 5.14 Å². The fourth-order valence-electron chi connectivity index (χ4n) is 2.51. The number of fused-ring (bicyclic) bond motifs is 1. The van der Waals surface area contributed by atoms with Crippen molar-refractivity contribution in [1.82, 2.24) is 25.2 Å². The zero-order valence-electron chi connectivity index (χ0n) is 15.2. The average molecular weight is 515 g/mol. The van der Waals surface area contributed by atoms with E-state index < -0.39 is 10.0 Å². The Morgan fingerprint density at radius 2 is 2.00 bits per heavy atom. The molecule has 4 N–H and O–H groups in total. The minimum absolute atomic E-state index is 0. The van der Waals surface area contributed by atoms with Gasteiger partial charge >= 0.3 is 0 Å². The van der Waals surface area contributed by atoms with Crippen LogP contribution in [0.5, 0.6) is 0 Å². The molecule has 28 heavy (non-hydrogen) atoms. The highest BCUT2D eigenvalue weighted by molar-refractivity contribution is 14.0. The zero-order chi connectivity index (χ0) is 19.3. The first-order valence-corrected chi connectivity index (χ1v) is 9.94. The topological polar surface area (TPSA) is 127 Å². The van der Waals surface area contributed by atoms with Crippen LogP contribution < -0.4 is 15.8 Å². The molecular formula is C17H22IN7O2S. The zero-order valence-corrected chi connectivity index (χ0v) is 18.4. The van der Waals surface area contributed by atoms with Gasteiger partial charge < -0.3 is 10.6 Å². The molecule has 0 unspecified atom stereocenters. The van der Waals surface area contributed by atoms with Crippen molar-refractivity contribution in [1.29, 1.82) is 0 Å². The van der Waals surface area contributed by atoms with Gasteiger partial charge in [-0.3, -0.25) is 4.40 Å². The second-order valence-corrected chi connectivity index (χ2v) is 7.35. The van der Waals surface area contributed by atoms with Crippen molar-refractivity contribution in [3.63, 3.8) is 0 Å². The molecular weight excluding hydrogens is 493 g/mol. The minimum atomic E-state index is -3.73. The summed E-state index contributed by atoms with van der Waals surface area (Å²) in [7, 11) is -3.73. The summed E-state index contributed by atoms with van der Waals surface area (Å²) < 4.78 is 24.8. The summed E-state index contributed by atoms with van der Waals surface area (Å²) in [4.78, 5) is 4.56. The van der Waals surface area contributed by atoms with E-state index in [1.165, 1.54) is 12.1 Å². The predicted octanol–water partition coefficient (Wildman–Crippen LogP) is 1.25. The highest BCUT2D eigenvalue weighted by atomic mass is 127. The number of aliphatic imine (C=N–C) groups is 1. The van der Waals surface area contributed by atoms with E-state index in [0.29, 0.717) is 25.6 Å². The van der Waals surface area contributed by atoms with Crippen molar-refractivity contribution in [2.24, 2.45) is 10.1 Å². The number of aromatic nitrogens is 3. The maximum absolute atomic E-state index is 11.5. The van der Waals surface area contributed by atoms with Crippen LogP contribution in [0.1, 0.15) is 18.3 Å². The van der Waals surface area contributed by atoms with E-state index in [1.807, 2.05) is 35.7 Å². The molecule has 2 aromatic heterocycles. The Kier molecular flexibility index (Phi) is 7.71. The Bertz CT molecular complexity index is 1070. The van der Waals surface area contributed by atoms with Gasteiger partial charge in [0.05, 0.1) is 18.0 Å². The Hall–Kier alpha value is -2.25. The number of nitrogens with one attached hydrogen (secondary N) is 2. The summed E-state index contributed by atoms with van der Waals surface area (Å²) in [5, 5.41) is 19.8. The molecule has 0 spiro atoms. The number of pyridine rings is 1. The molecule has 0 fully saturated rings. The van der Waals surface area contributed by atoms with Gasteiger partial charge in [-0.05, 0) is 36.8 Å². The van der Waals surface area contributed by atoms with Crippen molar-refractivity contribution >= 4 is 45.6 Å². The van der Waals surface area contributed by atoms with Crippen LogP contribution in [-0.2, 0) is 23.1 Å². The van der Waals surface area contributed by atoms with Gasteiger partial charge in [-0.1, -0.05) is 18.2 Å². The lowest BCUT2D eigenvalue weighted by molar-refractivity contribution is 0.597. The van der Waals surface area contributed by atoms with Gasteiger partial charge in [0.1, 0.15) is 0 Å². The lowest BCUT2D eigenvalue weighted by Crippen LogP contribution is -2.37. The van der Waals surface area contributed by atoms with Gasteiger partial charge in [-0.2, -0.15) is 0 Å². The molecule has 0 amide bonds. The molecule has 2 heterocycles. The number of benzene rings is 1. The molecule has 3 aromatic rings. The van der Waals surface area contributed by atoms with Gasteiger partial charge in [0.15, 0.2) is 17.4 Å². The lowest BCUT2D eigenvalue weighted by Gasteiger charge is -2.10. The molecule has 0 atom stereocenters. The number of nitrogens with two attached hydrogens (primary N) is 1. The molecule has 9 nitrogen and oxygen atoms in total. The summed E-state index contributed by atoms with van der Waals surface area (Å²) in [6, 6.07) is 12.1. The molecule has 1 aromatic carbocycles. The van der Waals surface area contributed by atoms with Crippen molar-refractivity contribution in [2.45, 2.75) is 24.9 Å². The lowest BCUT2D eigenvalue weighted by atomic mass is 10.2. The van der Waals surface area contributed by atoms with Gasteiger partial charge in [0, 0.05) is 12.7 Å². The van der Waals surface area contributed by atoms with Crippen molar-refractivity contribution in [3.05, 3.63) is 60.0 Å². The van der Waals surface area contributed by atoms with E-state index in [9.17, 15) is 8.42 Å². The Labute approximate surface area is 180 Å². The maximum atomic E-state index is 11.5. The number of hydrogen-bond acceptors (Lipinski definition) is 5. The molecule has 0 radical (unpaired) electrons. The van der Waals surface area contributed by atoms with Gasteiger partial charge in [0.2, 0.25) is 10.0 Å². The summed E-state index contributed by atoms with van der Waals surface area (Å²) in [6.07, 6.45) is 1.90. The first-order valence-electron chi connectivity index (χ1n) is 8.40. The van der Waals surface area contributed by atoms with Crippen molar-refractivity contribution in [3.8, 4) is 0 Å². The van der Waals surface area contributed by atoms with E-state index in [2.05, 4.69) is 25.8 Å². The second-order valence-electron chi connectivity index (χ2n) is 5.79. The molecule has 0 bridgehead atoms. The van der Waals surface area contributed by atoms with E-state index in [1.54, 1.807) is 12.1 Å². The third-order valence-corrected chi connectivity index (χ3v) is 4.70. The molecule has 3 rings (SSSR count). The number of primary sulfonamides is 1. The summed E-state index contributed by atoms with van der Waals surface area (Å²) in [6.45, 7) is 3.39. The summed E-state index contributed by atoms with van der Waals surface area (Å²) in [5.74, 6) is 1.35. The van der Waals surface area contributed by atoms with Crippen LogP contribution in [0.25, 0.3) is 5.65 Å². The van der Waals surface area contributed by atoms with Gasteiger partial charge in [0.25, 0.3) is 0 Å². The first kappa shape index (κ1) is 22.0. The number of hydrogen-bond donors (Lipinski definition) is 3. The Morgan fingerprint density at radius 3 is 2.75 bits per heavy atom. The number of rotatable bonds is 6. The Balaban J connectivity index is 0.00000280. The third-order valence-electron chi connectivity index (χ3n) is 3.79. The van der Waals surface area contributed by atoms with Crippen molar-refractivity contribution in [2.75, 3.05) is 6.54 Å². The highest BCUT2D eigenvalue weighted by Gasteiger charge is 2.08. The van der Waals surface area contributed by atoms with Crippen LogP contribution in [0.4, 0.5) is 0 Å². The highest BCUT2D eigenvalue weighted by Crippen LogP contribution is 2.10. The van der Waals surface area contributed by atoms with Crippen LogP contribution in [0.3, 0.4) is 0 Å². The molecule has 0 aliphatic rings. The fraction of sp³-hybridized carbons (Fsp3) is 0.235. The van der Waals surface area contributed by atoms with Crippen molar-refractivity contribution < 1.29 is 8.42 Å². The number of guanidine groups is 1. The number of nitrogens with zero attached hydrogens (tertiary/aromatic N) is 4. The predicted molar refractivity (Wildman–Crippen MR) is 118 cm³/mol. The molecule has 150 valence electrons. The SMILES string of the molecule is CCNC(=NCc1cccc(S(N)(=O)=O)c1)NCc1nnc2ccccn12.I. The number of sulfonamides is 1. The maximum Gasteiger partial charge on any atom is 0.238 e. The Morgan fingerprint density at radius 1 is 1.18 bits per heavy atom. The average Bonchev–Trinajstić information content (AvgIpc) is 3.07. The smallest absolute Gasteiger partial charge is 0.238 e. The largest absolute Gasteiger partial charge is 0.357 e. The third kappa shape index (κ3) is 5.62. The van der Waals surface area contributed by atoms with Crippen LogP contribution in [0.15, 0.2) is 58.5 Å². The fourth-order valence-corrected chi connectivity index (χ4v) is 3.09. The second kappa shape index (κ2) is 9.80. The van der Waals surface area contributed by atoms with Crippen LogP contribution in [-0.4, -0.2) is 35.5 Å². The van der Waals surface area contributed by atoms with E-state index in [0.717, 1.165) is 17.0 Å². The standard InChI is InChI=1S/C17H21N7O2S.HI/c1-2-19-17(20-11-13-6-5-7-14(10-13)27(18,25)26)21-12-16-23-22-15-8-3-4-9-24(15)16;/h3-10H,2,11-12H2,1H3,(H2,18,25,26)(H2,19,20,21);1H. The molecule has 0 aliphatic heterocycles. The van der Waals surface area contributed by atoms with Crippen LogP contribution in [0, 0.1) is 0 Å². The molecule has 11 heteroatoms. The molecule has 0 saturated carbocycles. The van der Waals surface area contributed by atoms with Crippen LogP contribution >= 0.6 is 24.0 Å². The monoisotopic (exact) mass is 515 g/mol. The van der Waals surface area contributed by atoms with Gasteiger partial charge in [-0.25, -0.2) is 18.5 Å².